The van der Waals surface area contributed by atoms with Gasteiger partial charge in [-0.05, 0) is 38.7 Å². The topological polar surface area (TPSA) is 104 Å². The van der Waals surface area contributed by atoms with E-state index in [1.807, 2.05) is 0 Å². The summed E-state index contributed by atoms with van der Waals surface area (Å²) in [5.41, 5.74) is 2.20. The first-order valence-corrected chi connectivity index (χ1v) is 8.35. The van der Waals surface area contributed by atoms with E-state index in [0.717, 1.165) is 24.1 Å². The Hall–Kier alpha value is -2.72. The quantitative estimate of drug-likeness (QED) is 0.875. The second-order valence-corrected chi connectivity index (χ2v) is 7.44. The van der Waals surface area contributed by atoms with Crippen LogP contribution < -0.4 is 5.32 Å². The van der Waals surface area contributed by atoms with Crippen LogP contribution in [-0.4, -0.2) is 37.9 Å². The summed E-state index contributed by atoms with van der Waals surface area (Å²) in [6.45, 7) is 3.37. The van der Waals surface area contributed by atoms with Gasteiger partial charge >= 0.3 is 0 Å². The molecular formula is C18H19N5O2. The van der Waals surface area contributed by atoms with Gasteiger partial charge in [-0.1, -0.05) is 0 Å². The number of carbonyl (C=O) groups is 1. The Morgan fingerprint density at radius 3 is 3.08 bits per heavy atom. The zero-order valence-corrected chi connectivity index (χ0v) is 14.2. The maximum Gasteiger partial charge on any atom is 0.272 e. The third-order valence-corrected chi connectivity index (χ3v) is 4.92. The van der Waals surface area contributed by atoms with Gasteiger partial charge in [0.2, 0.25) is 0 Å². The molecule has 0 radical (unpaired) electrons. The van der Waals surface area contributed by atoms with Crippen molar-refractivity contribution in [3.8, 4) is 11.9 Å². The Labute approximate surface area is 145 Å². The average Bonchev–Trinajstić information content (AvgIpc) is 3.10. The van der Waals surface area contributed by atoms with Crippen LogP contribution in [0.25, 0.3) is 5.82 Å². The Balaban J connectivity index is 1.77. The molecule has 0 saturated heterocycles. The molecule has 25 heavy (non-hydrogen) atoms. The molecule has 2 atom stereocenters. The van der Waals surface area contributed by atoms with Crippen LogP contribution in [0.5, 0.6) is 0 Å². The predicted molar refractivity (Wildman–Crippen MR) is 89.3 cm³/mol. The van der Waals surface area contributed by atoms with Gasteiger partial charge < -0.3 is 10.4 Å². The maximum absolute atomic E-state index is 12.7. The Morgan fingerprint density at radius 1 is 1.56 bits per heavy atom. The fraction of sp³-hybridized carbons (Fsp3) is 0.444. The lowest BCUT2D eigenvalue weighted by atomic mass is 10.1. The highest BCUT2D eigenvalue weighted by Crippen LogP contribution is 2.57. The number of carbonyl (C=O) groups excluding carboxylic acids is 1. The van der Waals surface area contributed by atoms with Crippen molar-refractivity contribution in [2.24, 2.45) is 5.92 Å². The van der Waals surface area contributed by atoms with Crippen LogP contribution in [0.15, 0.2) is 18.3 Å². The van der Waals surface area contributed by atoms with Gasteiger partial charge in [0.25, 0.3) is 5.91 Å². The van der Waals surface area contributed by atoms with Gasteiger partial charge in [-0.25, -0.2) is 9.67 Å². The number of fused-ring (bicyclic) bond motifs is 3. The summed E-state index contributed by atoms with van der Waals surface area (Å²) < 4.78 is 1.72. The minimum absolute atomic E-state index is 0.154. The molecule has 0 spiro atoms. The second-order valence-electron chi connectivity index (χ2n) is 7.44. The van der Waals surface area contributed by atoms with Crippen LogP contribution in [0.3, 0.4) is 0 Å². The van der Waals surface area contributed by atoms with Gasteiger partial charge in [-0.15, -0.1) is 0 Å². The summed E-state index contributed by atoms with van der Waals surface area (Å²) in [7, 11) is 0. The highest BCUT2D eigenvalue weighted by atomic mass is 16.3. The Kier molecular flexibility index (Phi) is 3.41. The van der Waals surface area contributed by atoms with Crippen molar-refractivity contribution in [1.29, 1.82) is 5.26 Å². The van der Waals surface area contributed by atoms with Crippen molar-refractivity contribution in [3.05, 3.63) is 40.8 Å². The number of pyridine rings is 1. The van der Waals surface area contributed by atoms with E-state index in [1.54, 1.807) is 36.9 Å². The molecule has 2 aliphatic rings. The molecule has 1 saturated carbocycles. The van der Waals surface area contributed by atoms with E-state index < -0.39 is 5.54 Å². The molecule has 7 heteroatoms. The van der Waals surface area contributed by atoms with Crippen molar-refractivity contribution in [3.63, 3.8) is 0 Å². The largest absolute Gasteiger partial charge is 0.394 e. The smallest absolute Gasteiger partial charge is 0.272 e. The van der Waals surface area contributed by atoms with Crippen LogP contribution in [-0.2, 0) is 6.42 Å². The van der Waals surface area contributed by atoms with Crippen molar-refractivity contribution in [2.45, 2.75) is 38.1 Å². The van der Waals surface area contributed by atoms with Crippen molar-refractivity contribution in [1.82, 2.24) is 20.1 Å². The zero-order valence-electron chi connectivity index (χ0n) is 14.2. The van der Waals surface area contributed by atoms with Gasteiger partial charge in [0.15, 0.2) is 11.5 Å². The van der Waals surface area contributed by atoms with Crippen LogP contribution in [0.1, 0.15) is 53.5 Å². The molecule has 2 N–H and O–H groups in total. The van der Waals surface area contributed by atoms with Crippen LogP contribution >= 0.6 is 0 Å². The fourth-order valence-corrected chi connectivity index (χ4v) is 3.48. The third kappa shape index (κ3) is 2.59. The molecule has 0 aromatic carbocycles. The molecule has 7 nitrogen and oxygen atoms in total. The van der Waals surface area contributed by atoms with Gasteiger partial charge in [-0.3, -0.25) is 4.79 Å². The normalized spacial score (nSPS) is 20.6. The van der Waals surface area contributed by atoms with E-state index in [-0.39, 0.29) is 12.5 Å². The number of nitriles is 1. The van der Waals surface area contributed by atoms with Crippen molar-refractivity contribution < 1.29 is 9.90 Å². The number of aliphatic hydroxyl groups is 1. The third-order valence-electron chi connectivity index (χ3n) is 4.92. The lowest BCUT2D eigenvalue weighted by molar-refractivity contribution is 0.0863. The standard InChI is InChI=1S/C18H19N5O2/c1-18(2,9-24)21-17(25)15-13-7-11-6-12(11)16(13)23(22-15)14-5-10(8-19)3-4-20-14/h3-5,11-12,24H,6-7,9H2,1-2H3,(H,21,25). The molecule has 128 valence electrons. The predicted octanol–water partition coefficient (Wildman–Crippen LogP) is 1.30. The second kappa shape index (κ2) is 5.39. The monoisotopic (exact) mass is 337 g/mol. The lowest BCUT2D eigenvalue weighted by Crippen LogP contribution is -2.46. The minimum Gasteiger partial charge on any atom is -0.394 e. The number of aromatic nitrogens is 3. The van der Waals surface area contributed by atoms with Gasteiger partial charge in [-0.2, -0.15) is 10.4 Å². The summed E-state index contributed by atoms with van der Waals surface area (Å²) in [6, 6.07) is 5.43. The van der Waals surface area contributed by atoms with E-state index in [1.165, 1.54) is 0 Å². The summed E-state index contributed by atoms with van der Waals surface area (Å²) in [5, 5.41) is 25.9. The van der Waals surface area contributed by atoms with E-state index in [2.05, 4.69) is 21.5 Å². The number of nitrogens with one attached hydrogen (secondary N) is 1. The highest BCUT2D eigenvalue weighted by molar-refractivity contribution is 5.95. The first-order valence-electron chi connectivity index (χ1n) is 8.35. The maximum atomic E-state index is 12.7. The van der Waals surface area contributed by atoms with Crippen LogP contribution in [0.4, 0.5) is 0 Å². The molecule has 2 aromatic rings. The molecule has 1 fully saturated rings. The SMILES string of the molecule is CC(C)(CO)NC(=O)c1nn(-c2cc(C#N)ccn2)c2c1CC1CC21. The summed E-state index contributed by atoms with van der Waals surface area (Å²) in [6.07, 6.45) is 3.54. The summed E-state index contributed by atoms with van der Waals surface area (Å²) in [5.74, 6) is 1.27. The van der Waals surface area contributed by atoms with E-state index in [0.29, 0.717) is 28.9 Å². The first-order chi connectivity index (χ1) is 11.9. The number of hydrogen-bond donors (Lipinski definition) is 2. The molecule has 2 heterocycles. The van der Waals surface area contributed by atoms with Crippen molar-refractivity contribution in [2.75, 3.05) is 6.61 Å². The number of rotatable bonds is 4. The molecule has 2 unspecified atom stereocenters. The Bertz CT molecular complexity index is 909. The first kappa shape index (κ1) is 15.8. The van der Waals surface area contributed by atoms with E-state index in [9.17, 15) is 9.90 Å². The molecule has 0 aliphatic heterocycles. The van der Waals surface area contributed by atoms with Gasteiger partial charge in [0.1, 0.15) is 0 Å². The molecule has 4 rings (SSSR count). The minimum atomic E-state index is -0.714. The van der Waals surface area contributed by atoms with Crippen LogP contribution in [0.2, 0.25) is 0 Å². The zero-order chi connectivity index (χ0) is 17.8. The summed E-state index contributed by atoms with van der Waals surface area (Å²) >= 11 is 0. The number of nitrogens with zero attached hydrogens (tertiary/aromatic N) is 4. The lowest BCUT2D eigenvalue weighted by Gasteiger charge is -2.23. The highest BCUT2D eigenvalue weighted by Gasteiger charge is 2.50. The van der Waals surface area contributed by atoms with E-state index >= 15 is 0 Å². The molecule has 0 bridgehead atoms. The summed E-state index contributed by atoms with van der Waals surface area (Å²) in [4.78, 5) is 17.0. The van der Waals surface area contributed by atoms with Gasteiger partial charge in [0, 0.05) is 23.7 Å². The molecule has 2 aromatic heterocycles. The molecular weight excluding hydrogens is 318 g/mol. The molecule has 1 amide bonds. The fourth-order valence-electron chi connectivity index (χ4n) is 3.48. The van der Waals surface area contributed by atoms with E-state index in [4.69, 9.17) is 5.26 Å². The number of aliphatic hydroxyl groups excluding tert-OH is 1. The average molecular weight is 337 g/mol. The Morgan fingerprint density at radius 2 is 2.36 bits per heavy atom. The van der Waals surface area contributed by atoms with Crippen LogP contribution in [0, 0.1) is 17.2 Å². The van der Waals surface area contributed by atoms with Crippen molar-refractivity contribution >= 4 is 5.91 Å². The number of amides is 1. The number of hydrogen-bond acceptors (Lipinski definition) is 5. The van der Waals surface area contributed by atoms with Gasteiger partial charge in [0.05, 0.1) is 29.5 Å². The molecule has 2 aliphatic carbocycles.